The van der Waals surface area contributed by atoms with E-state index < -0.39 is 0 Å². The van der Waals surface area contributed by atoms with E-state index in [4.69, 9.17) is 11.6 Å². The minimum Gasteiger partial charge on any atom is -0.339 e. The number of hydrogen-bond donors (Lipinski definition) is 1. The van der Waals surface area contributed by atoms with Crippen molar-refractivity contribution in [1.82, 2.24) is 15.0 Å². The van der Waals surface area contributed by atoms with Gasteiger partial charge in [-0.3, -0.25) is 4.98 Å². The Morgan fingerprint density at radius 1 is 1.14 bits per heavy atom. The third-order valence-electron chi connectivity index (χ3n) is 2.23. The molecule has 3 heterocycles. The summed E-state index contributed by atoms with van der Waals surface area (Å²) in [5.41, 5.74) is 1.84. The number of hydrogen-bond acceptors (Lipinski definition) is 2. The maximum Gasteiger partial charge on any atom is 0.140 e. The molecule has 0 aliphatic rings. The number of aromatic amines is 1. The van der Waals surface area contributed by atoms with Crippen LogP contribution in [-0.4, -0.2) is 15.0 Å². The van der Waals surface area contributed by atoms with E-state index >= 15 is 0 Å². The number of pyridine rings is 2. The van der Waals surface area contributed by atoms with Crippen LogP contribution < -0.4 is 0 Å². The lowest BCUT2D eigenvalue weighted by Gasteiger charge is -1.89. The van der Waals surface area contributed by atoms with Gasteiger partial charge in [-0.2, -0.15) is 0 Å². The van der Waals surface area contributed by atoms with Crippen molar-refractivity contribution in [1.29, 1.82) is 0 Å². The summed E-state index contributed by atoms with van der Waals surface area (Å²) < 4.78 is 0. The largest absolute Gasteiger partial charge is 0.339 e. The minimum absolute atomic E-state index is 0.497. The second-order valence-corrected chi connectivity index (χ2v) is 3.46. The van der Waals surface area contributed by atoms with Crippen LogP contribution in [0.1, 0.15) is 0 Å². The van der Waals surface area contributed by atoms with Crippen LogP contribution in [0.3, 0.4) is 0 Å². The maximum absolute atomic E-state index is 5.80. The molecule has 3 aromatic rings. The molecule has 0 amide bonds. The van der Waals surface area contributed by atoms with Crippen molar-refractivity contribution in [3.05, 3.63) is 35.7 Å². The van der Waals surface area contributed by atoms with Crippen molar-refractivity contribution in [3.8, 4) is 0 Å². The highest BCUT2D eigenvalue weighted by Gasteiger charge is 2.04. The monoisotopic (exact) mass is 203 g/mol. The molecule has 0 fully saturated rings. The van der Waals surface area contributed by atoms with E-state index in [1.165, 1.54) is 0 Å². The van der Waals surface area contributed by atoms with Crippen molar-refractivity contribution in [2.45, 2.75) is 0 Å². The first-order valence-electron chi connectivity index (χ1n) is 4.22. The summed E-state index contributed by atoms with van der Waals surface area (Å²) in [6, 6.07) is 5.65. The summed E-state index contributed by atoms with van der Waals surface area (Å²) in [5, 5.41) is 2.63. The average Bonchev–Trinajstić information content (AvgIpc) is 2.54. The molecule has 0 atom stereocenters. The molecule has 3 nitrogen and oxygen atoms in total. The number of nitrogens with zero attached hydrogens (tertiary/aromatic N) is 2. The first-order chi connectivity index (χ1) is 6.84. The fraction of sp³-hybridized carbons (Fsp3) is 0. The van der Waals surface area contributed by atoms with Crippen molar-refractivity contribution in [2.75, 3.05) is 0 Å². The van der Waals surface area contributed by atoms with E-state index in [-0.39, 0.29) is 0 Å². The van der Waals surface area contributed by atoms with E-state index in [0.717, 1.165) is 21.9 Å². The normalized spacial score (nSPS) is 11.2. The zero-order chi connectivity index (χ0) is 9.54. The molecule has 4 heteroatoms. The number of rotatable bonds is 0. The van der Waals surface area contributed by atoms with Gasteiger partial charge in [0, 0.05) is 23.2 Å². The number of aromatic nitrogens is 3. The Balaban J connectivity index is 2.57. The van der Waals surface area contributed by atoms with Crippen molar-refractivity contribution in [2.24, 2.45) is 0 Å². The Morgan fingerprint density at radius 3 is 3.00 bits per heavy atom. The van der Waals surface area contributed by atoms with Gasteiger partial charge >= 0.3 is 0 Å². The van der Waals surface area contributed by atoms with Crippen LogP contribution in [0.25, 0.3) is 21.9 Å². The molecule has 0 saturated carbocycles. The average molecular weight is 204 g/mol. The molecule has 3 aromatic heterocycles. The summed E-state index contributed by atoms with van der Waals surface area (Å²) in [6.45, 7) is 0. The van der Waals surface area contributed by atoms with Gasteiger partial charge in [-0.15, -0.1) is 0 Å². The summed E-state index contributed by atoms with van der Waals surface area (Å²) in [4.78, 5) is 11.5. The molecule has 14 heavy (non-hydrogen) atoms. The Morgan fingerprint density at radius 2 is 2.07 bits per heavy atom. The van der Waals surface area contributed by atoms with Gasteiger partial charge in [0.1, 0.15) is 10.8 Å². The Bertz CT molecular complexity index is 615. The quantitative estimate of drug-likeness (QED) is 0.571. The van der Waals surface area contributed by atoms with Crippen molar-refractivity contribution >= 4 is 33.5 Å². The van der Waals surface area contributed by atoms with Crippen LogP contribution in [-0.2, 0) is 0 Å². The lowest BCUT2D eigenvalue weighted by Crippen LogP contribution is -1.75. The summed E-state index contributed by atoms with van der Waals surface area (Å²) in [7, 11) is 0. The SMILES string of the molecule is Clc1ccc2c(n1)[nH]c1ccncc12. The predicted octanol–water partition coefficient (Wildman–Crippen LogP) is 2.76. The Hall–Kier alpha value is -1.61. The number of nitrogens with one attached hydrogen (secondary N) is 1. The van der Waals surface area contributed by atoms with E-state index in [1.54, 1.807) is 12.3 Å². The molecule has 0 unspecified atom stereocenters. The molecule has 1 N–H and O–H groups in total. The minimum atomic E-state index is 0.497. The summed E-state index contributed by atoms with van der Waals surface area (Å²) in [6.07, 6.45) is 3.57. The first kappa shape index (κ1) is 7.76. The molecule has 68 valence electrons. The molecule has 0 radical (unpaired) electrons. The van der Waals surface area contributed by atoms with E-state index in [9.17, 15) is 0 Å². The smallest absolute Gasteiger partial charge is 0.140 e. The van der Waals surface area contributed by atoms with E-state index in [1.807, 2.05) is 18.3 Å². The molecule has 0 aliphatic carbocycles. The van der Waals surface area contributed by atoms with Gasteiger partial charge in [0.2, 0.25) is 0 Å². The maximum atomic E-state index is 5.80. The zero-order valence-electron chi connectivity index (χ0n) is 7.16. The van der Waals surface area contributed by atoms with Gasteiger partial charge < -0.3 is 4.98 Å². The van der Waals surface area contributed by atoms with Gasteiger partial charge in [0.15, 0.2) is 0 Å². The number of fused-ring (bicyclic) bond motifs is 3. The van der Waals surface area contributed by atoms with Gasteiger partial charge in [-0.1, -0.05) is 11.6 Å². The molecular weight excluding hydrogens is 198 g/mol. The highest BCUT2D eigenvalue weighted by Crippen LogP contribution is 2.23. The van der Waals surface area contributed by atoms with Crippen LogP contribution in [0.5, 0.6) is 0 Å². The third-order valence-corrected chi connectivity index (χ3v) is 2.44. The van der Waals surface area contributed by atoms with Crippen LogP contribution in [0.2, 0.25) is 5.15 Å². The number of H-pyrrole nitrogens is 1. The predicted molar refractivity (Wildman–Crippen MR) is 56.4 cm³/mol. The fourth-order valence-electron chi connectivity index (χ4n) is 1.59. The molecule has 3 rings (SSSR count). The molecule has 0 aromatic carbocycles. The molecule has 0 aliphatic heterocycles. The lowest BCUT2D eigenvalue weighted by atomic mass is 10.2. The zero-order valence-corrected chi connectivity index (χ0v) is 7.92. The van der Waals surface area contributed by atoms with E-state index in [0.29, 0.717) is 5.15 Å². The van der Waals surface area contributed by atoms with Crippen molar-refractivity contribution < 1.29 is 0 Å². The highest BCUT2D eigenvalue weighted by atomic mass is 35.5. The van der Waals surface area contributed by atoms with Crippen LogP contribution in [0.15, 0.2) is 30.6 Å². The summed E-state index contributed by atoms with van der Waals surface area (Å²) >= 11 is 5.80. The highest BCUT2D eigenvalue weighted by molar-refractivity contribution is 6.30. The van der Waals surface area contributed by atoms with Crippen LogP contribution >= 0.6 is 11.6 Å². The summed E-state index contributed by atoms with van der Waals surface area (Å²) in [5.74, 6) is 0. The standard InChI is InChI=1S/C10H6ClN3/c11-9-2-1-6-7-5-12-4-3-8(7)13-10(6)14-9/h1-5H,(H,13,14). The molecule has 0 saturated heterocycles. The molecular formula is C10H6ClN3. The van der Waals surface area contributed by atoms with Gasteiger partial charge in [0.05, 0.1) is 5.52 Å². The second kappa shape index (κ2) is 2.69. The Kier molecular flexibility index (Phi) is 1.49. The lowest BCUT2D eigenvalue weighted by molar-refractivity contribution is 1.33. The Labute approximate surface area is 84.7 Å². The van der Waals surface area contributed by atoms with Crippen LogP contribution in [0.4, 0.5) is 0 Å². The molecule has 0 bridgehead atoms. The second-order valence-electron chi connectivity index (χ2n) is 3.08. The van der Waals surface area contributed by atoms with Gasteiger partial charge in [-0.25, -0.2) is 4.98 Å². The number of halogens is 1. The third kappa shape index (κ3) is 0.992. The topological polar surface area (TPSA) is 41.6 Å². The molecule has 0 spiro atoms. The van der Waals surface area contributed by atoms with Crippen molar-refractivity contribution in [3.63, 3.8) is 0 Å². The van der Waals surface area contributed by atoms with Crippen LogP contribution in [0, 0.1) is 0 Å². The fourth-order valence-corrected chi connectivity index (χ4v) is 1.74. The van der Waals surface area contributed by atoms with E-state index in [2.05, 4.69) is 15.0 Å². The van der Waals surface area contributed by atoms with Gasteiger partial charge in [0.25, 0.3) is 0 Å². The first-order valence-corrected chi connectivity index (χ1v) is 4.60. The van der Waals surface area contributed by atoms with Gasteiger partial charge in [-0.05, 0) is 18.2 Å².